The van der Waals surface area contributed by atoms with E-state index in [4.69, 9.17) is 20.9 Å². The van der Waals surface area contributed by atoms with E-state index in [9.17, 15) is 9.69 Å². The third-order valence-corrected chi connectivity index (χ3v) is 6.12. The third kappa shape index (κ3) is 18.8. The van der Waals surface area contributed by atoms with Gasteiger partial charge in [0.1, 0.15) is 0 Å². The summed E-state index contributed by atoms with van der Waals surface area (Å²) in [5.74, 6) is 0.178. The predicted molar refractivity (Wildman–Crippen MR) is 113 cm³/mol. The first-order valence-electron chi connectivity index (χ1n) is 10.3. The number of unbranched alkanes of at least 4 members (excludes halogenated alkanes) is 11. The van der Waals surface area contributed by atoms with Gasteiger partial charge in [0.25, 0.3) is 0 Å². The van der Waals surface area contributed by atoms with Gasteiger partial charge in [0, 0.05) is 20.1 Å². The molecule has 0 saturated heterocycles. The Morgan fingerprint density at radius 3 is 2.08 bits per heavy atom. The van der Waals surface area contributed by atoms with Gasteiger partial charge in [0.15, 0.2) is 0 Å². The van der Waals surface area contributed by atoms with Crippen LogP contribution in [-0.4, -0.2) is 31.1 Å². The molecule has 1 unspecified atom stereocenters. The second-order valence-corrected chi connectivity index (χ2v) is 9.77. The summed E-state index contributed by atoms with van der Waals surface area (Å²) < 4.78 is 9.80. The fourth-order valence-electron chi connectivity index (χ4n) is 2.73. The normalized spacial score (nSPS) is 13.5. The number of carbonyl (C=O) groups is 1. The molecule has 0 spiro atoms. The zero-order chi connectivity index (χ0) is 19.5. The lowest BCUT2D eigenvalue weighted by atomic mass is 10.1. The highest BCUT2D eigenvalue weighted by atomic mass is 32.5. The minimum atomic E-state index is -3.00. The van der Waals surface area contributed by atoms with Crippen molar-refractivity contribution in [3.05, 3.63) is 0 Å². The van der Waals surface area contributed by atoms with Gasteiger partial charge in [0.2, 0.25) is 5.91 Å². The molecule has 2 N–H and O–H groups in total. The van der Waals surface area contributed by atoms with Crippen LogP contribution in [-0.2, 0) is 25.6 Å². The van der Waals surface area contributed by atoms with Gasteiger partial charge < -0.3 is 19.3 Å². The summed E-state index contributed by atoms with van der Waals surface area (Å²) in [5, 5.41) is 2.99. The first-order valence-corrected chi connectivity index (χ1v) is 12.9. The van der Waals surface area contributed by atoms with Crippen LogP contribution in [0.25, 0.3) is 0 Å². The largest absolute Gasteiger partial charge is 0.356 e. The molecule has 0 aromatic rings. The van der Waals surface area contributed by atoms with E-state index in [2.05, 4.69) is 12.2 Å². The molecule has 0 aromatic carbocycles. The molecule has 0 radical (unpaired) electrons. The van der Waals surface area contributed by atoms with Crippen molar-refractivity contribution < 1.29 is 18.7 Å². The van der Waals surface area contributed by atoms with Crippen molar-refractivity contribution in [2.45, 2.75) is 96.8 Å². The van der Waals surface area contributed by atoms with E-state index in [1.54, 1.807) is 0 Å². The molecule has 26 heavy (non-hydrogen) atoms. The lowest BCUT2D eigenvalue weighted by Crippen LogP contribution is -2.23. The summed E-state index contributed by atoms with van der Waals surface area (Å²) in [5.41, 5.74) is 0. The van der Waals surface area contributed by atoms with Crippen molar-refractivity contribution in [1.82, 2.24) is 5.32 Å². The second kappa shape index (κ2) is 18.4. The summed E-state index contributed by atoms with van der Waals surface area (Å²) in [6.45, 7) is 0.414. The average Bonchev–Trinajstić information content (AvgIpc) is 2.62. The summed E-state index contributed by atoms with van der Waals surface area (Å²) >= 11 is 4.75. The van der Waals surface area contributed by atoms with E-state index in [-0.39, 0.29) is 5.91 Å². The first-order chi connectivity index (χ1) is 12.5. The molecule has 0 saturated carbocycles. The minimum absolute atomic E-state index is 0.178. The van der Waals surface area contributed by atoms with Crippen molar-refractivity contribution in [2.24, 2.45) is 0 Å². The molecule has 0 aliphatic rings. The van der Waals surface area contributed by atoms with Crippen LogP contribution < -0.4 is 5.32 Å². The number of nitrogens with one attached hydrogen (secondary N) is 1. The lowest BCUT2D eigenvalue weighted by Gasteiger charge is -2.12. The standard InChI is InChI=1S/C19H40NO4PS/c1-3-4-5-6-7-8-9-10-13-16-19(21)20-17-14-11-12-15-18-24-25(22,26)23-2/h3-18H2,1-2H3,(H,20,21)(H,22,26). The maximum absolute atomic E-state index is 11.7. The van der Waals surface area contributed by atoms with Crippen molar-refractivity contribution in [1.29, 1.82) is 0 Å². The Morgan fingerprint density at radius 1 is 0.923 bits per heavy atom. The molecule has 0 aliphatic heterocycles. The SMILES string of the molecule is CCCCCCCCCCCC(=O)NCCCCCCOP(O)(=S)OC. The molecule has 1 amide bonds. The van der Waals surface area contributed by atoms with Crippen molar-refractivity contribution in [3.8, 4) is 0 Å². The lowest BCUT2D eigenvalue weighted by molar-refractivity contribution is -0.121. The topological polar surface area (TPSA) is 67.8 Å². The van der Waals surface area contributed by atoms with E-state index < -0.39 is 6.72 Å². The molecule has 0 rings (SSSR count). The molecule has 156 valence electrons. The highest BCUT2D eigenvalue weighted by Gasteiger charge is 2.10. The highest BCUT2D eigenvalue weighted by Crippen LogP contribution is 2.42. The van der Waals surface area contributed by atoms with Crippen molar-refractivity contribution >= 4 is 24.4 Å². The van der Waals surface area contributed by atoms with E-state index in [1.807, 2.05) is 0 Å². The highest BCUT2D eigenvalue weighted by molar-refractivity contribution is 8.07. The maximum Gasteiger partial charge on any atom is 0.324 e. The van der Waals surface area contributed by atoms with Crippen LogP contribution in [0.3, 0.4) is 0 Å². The molecular formula is C19H40NO4PS. The fraction of sp³-hybridized carbons (Fsp3) is 0.947. The molecule has 0 aromatic heterocycles. The summed E-state index contributed by atoms with van der Waals surface area (Å²) in [4.78, 5) is 21.2. The van der Waals surface area contributed by atoms with Crippen LogP contribution in [0, 0.1) is 0 Å². The van der Waals surface area contributed by atoms with Crippen LogP contribution in [0.5, 0.6) is 0 Å². The number of hydrogen-bond acceptors (Lipinski definition) is 4. The Balaban J connectivity index is 3.26. The quantitative estimate of drug-likeness (QED) is 0.219. The van der Waals surface area contributed by atoms with Gasteiger partial charge in [-0.1, -0.05) is 71.1 Å². The zero-order valence-electron chi connectivity index (χ0n) is 16.8. The molecule has 5 nitrogen and oxygen atoms in total. The smallest absolute Gasteiger partial charge is 0.324 e. The monoisotopic (exact) mass is 409 g/mol. The number of hydrogen-bond donors (Lipinski definition) is 2. The van der Waals surface area contributed by atoms with E-state index in [0.717, 1.165) is 38.6 Å². The Morgan fingerprint density at radius 2 is 1.46 bits per heavy atom. The molecule has 1 atom stereocenters. The molecule has 0 bridgehead atoms. The van der Waals surface area contributed by atoms with Gasteiger partial charge in [-0.15, -0.1) is 0 Å². The Hall–Kier alpha value is -0.0000000000000000763. The summed E-state index contributed by atoms with van der Waals surface area (Å²) in [6.07, 6.45) is 16.0. The summed E-state index contributed by atoms with van der Waals surface area (Å²) in [7, 11) is 1.36. The molecule has 0 fully saturated rings. The Kier molecular flexibility index (Phi) is 18.4. The van der Waals surface area contributed by atoms with Gasteiger partial charge in [-0.3, -0.25) is 4.79 Å². The number of carbonyl (C=O) groups excluding carboxylic acids is 1. The predicted octanol–water partition coefficient (Wildman–Crippen LogP) is 5.46. The Labute approximate surface area is 165 Å². The van der Waals surface area contributed by atoms with E-state index >= 15 is 0 Å². The van der Waals surface area contributed by atoms with Crippen LogP contribution in [0.4, 0.5) is 0 Å². The van der Waals surface area contributed by atoms with Crippen LogP contribution in [0.2, 0.25) is 0 Å². The number of amides is 1. The maximum atomic E-state index is 11.7. The molecular weight excluding hydrogens is 369 g/mol. The molecule has 0 heterocycles. The first kappa shape index (κ1) is 26.0. The van der Waals surface area contributed by atoms with Crippen molar-refractivity contribution in [2.75, 3.05) is 20.3 Å². The van der Waals surface area contributed by atoms with Crippen LogP contribution in [0.15, 0.2) is 0 Å². The van der Waals surface area contributed by atoms with Gasteiger partial charge >= 0.3 is 6.72 Å². The molecule has 0 aliphatic carbocycles. The minimum Gasteiger partial charge on any atom is -0.356 e. The van der Waals surface area contributed by atoms with Crippen molar-refractivity contribution in [3.63, 3.8) is 0 Å². The zero-order valence-corrected chi connectivity index (χ0v) is 18.6. The van der Waals surface area contributed by atoms with Crippen LogP contribution >= 0.6 is 6.72 Å². The fourth-order valence-corrected chi connectivity index (χ4v) is 3.41. The second-order valence-electron chi connectivity index (χ2n) is 6.83. The number of rotatable bonds is 19. The third-order valence-electron chi connectivity index (χ3n) is 4.39. The van der Waals surface area contributed by atoms with Crippen LogP contribution in [0.1, 0.15) is 96.8 Å². The van der Waals surface area contributed by atoms with Gasteiger partial charge in [0.05, 0.1) is 6.61 Å². The Bertz CT molecular complexity index is 383. The molecule has 7 heteroatoms. The average molecular weight is 410 g/mol. The van der Waals surface area contributed by atoms with E-state index in [0.29, 0.717) is 13.0 Å². The van der Waals surface area contributed by atoms with Gasteiger partial charge in [-0.05, 0) is 31.1 Å². The van der Waals surface area contributed by atoms with Gasteiger partial charge in [-0.2, -0.15) is 0 Å². The van der Waals surface area contributed by atoms with Gasteiger partial charge in [-0.25, -0.2) is 0 Å². The van der Waals surface area contributed by atoms with E-state index in [1.165, 1.54) is 58.5 Å². The summed E-state index contributed by atoms with van der Waals surface area (Å²) in [6, 6.07) is 0.